The molecule has 0 heterocycles. The molecule has 1 aromatic rings. The van der Waals surface area contributed by atoms with Crippen LogP contribution in [0.2, 0.25) is 0 Å². The third-order valence-corrected chi connectivity index (χ3v) is 1.64. The van der Waals surface area contributed by atoms with Crippen LogP contribution in [0, 0.1) is 0 Å². The summed E-state index contributed by atoms with van der Waals surface area (Å²) in [4.78, 5) is 11.3. The smallest absolute Gasteiger partial charge is 0.276 e. The van der Waals surface area contributed by atoms with Crippen LogP contribution < -0.4 is 10.6 Å². The first-order valence-electron chi connectivity index (χ1n) is 3.89. The van der Waals surface area contributed by atoms with Crippen molar-refractivity contribution in [3.05, 3.63) is 29.8 Å². The second kappa shape index (κ2) is 4.47. The van der Waals surface area contributed by atoms with Crippen molar-refractivity contribution in [1.82, 2.24) is 5.32 Å². The maximum Gasteiger partial charge on any atom is 0.276 e. The molecule has 0 unspecified atom stereocenters. The van der Waals surface area contributed by atoms with Crippen molar-refractivity contribution < 1.29 is 9.90 Å². The number of carbonyl (C=O) groups is 1. The Labute approximate surface area is 76.6 Å². The molecule has 0 aliphatic carbocycles. The lowest BCUT2D eigenvalue weighted by Gasteiger charge is -2.05. The first-order chi connectivity index (χ1) is 6.29. The SMILES string of the molecule is CNc1ccccc1C(=O)[N]CO. The number of aliphatic hydroxyl groups excluding tert-OH is 1. The number of benzene rings is 1. The van der Waals surface area contributed by atoms with Gasteiger partial charge in [0.05, 0.1) is 5.56 Å². The van der Waals surface area contributed by atoms with Gasteiger partial charge in [0, 0.05) is 12.7 Å². The molecule has 0 fully saturated rings. The van der Waals surface area contributed by atoms with E-state index in [0.717, 1.165) is 0 Å². The van der Waals surface area contributed by atoms with Crippen LogP contribution in [-0.2, 0) is 0 Å². The van der Waals surface area contributed by atoms with Gasteiger partial charge >= 0.3 is 0 Å². The summed E-state index contributed by atoms with van der Waals surface area (Å²) in [6, 6.07) is 7.01. The molecule has 0 spiro atoms. The fourth-order valence-corrected chi connectivity index (χ4v) is 1.04. The summed E-state index contributed by atoms with van der Waals surface area (Å²) in [5.74, 6) is -0.410. The Kier molecular flexibility index (Phi) is 3.28. The molecular formula is C9H11N2O2. The Morgan fingerprint density at radius 2 is 2.23 bits per heavy atom. The fourth-order valence-electron chi connectivity index (χ4n) is 1.04. The normalized spacial score (nSPS) is 9.38. The van der Waals surface area contributed by atoms with Gasteiger partial charge in [-0.05, 0) is 12.1 Å². The number of anilines is 1. The highest BCUT2D eigenvalue weighted by Gasteiger charge is 2.09. The molecule has 1 radical (unpaired) electrons. The van der Waals surface area contributed by atoms with Crippen LogP contribution in [0.25, 0.3) is 0 Å². The minimum atomic E-state index is -0.475. The molecule has 69 valence electrons. The van der Waals surface area contributed by atoms with Crippen LogP contribution in [0.15, 0.2) is 24.3 Å². The Hall–Kier alpha value is -1.55. The predicted octanol–water partition coefficient (Wildman–Crippen LogP) is 0.423. The lowest BCUT2D eigenvalue weighted by Crippen LogP contribution is -2.17. The topological polar surface area (TPSA) is 63.4 Å². The standard InChI is InChI=1S/C9H11N2O2/c1-10-8-5-3-2-4-7(8)9(13)11-6-12/h2-5,10,12H,6H2,1H3. The molecule has 2 N–H and O–H groups in total. The van der Waals surface area contributed by atoms with Gasteiger partial charge in [-0.25, -0.2) is 5.32 Å². The molecule has 1 aromatic carbocycles. The van der Waals surface area contributed by atoms with E-state index in [2.05, 4.69) is 10.6 Å². The summed E-state index contributed by atoms with van der Waals surface area (Å²) in [6.45, 7) is -0.475. The number of aliphatic hydroxyl groups is 1. The van der Waals surface area contributed by atoms with Gasteiger partial charge in [-0.3, -0.25) is 4.79 Å². The second-order valence-electron chi connectivity index (χ2n) is 2.40. The van der Waals surface area contributed by atoms with Crippen LogP contribution in [0.1, 0.15) is 10.4 Å². The first kappa shape index (κ1) is 9.54. The molecule has 4 nitrogen and oxygen atoms in total. The Morgan fingerprint density at radius 1 is 1.54 bits per heavy atom. The average Bonchev–Trinajstić information content (AvgIpc) is 2.18. The minimum Gasteiger partial charge on any atom is -0.387 e. The fraction of sp³-hybridized carbons (Fsp3) is 0.222. The summed E-state index contributed by atoms with van der Waals surface area (Å²) >= 11 is 0. The maximum absolute atomic E-state index is 11.3. The lowest BCUT2D eigenvalue weighted by atomic mass is 10.1. The number of hydrogen-bond donors (Lipinski definition) is 2. The molecule has 13 heavy (non-hydrogen) atoms. The molecule has 0 saturated heterocycles. The van der Waals surface area contributed by atoms with Crippen molar-refractivity contribution >= 4 is 11.6 Å². The van der Waals surface area contributed by atoms with E-state index in [-0.39, 0.29) is 0 Å². The van der Waals surface area contributed by atoms with Crippen molar-refractivity contribution in [2.24, 2.45) is 0 Å². The lowest BCUT2D eigenvalue weighted by molar-refractivity contribution is 0.0904. The van der Waals surface area contributed by atoms with Gasteiger partial charge in [0.2, 0.25) is 0 Å². The Bertz CT molecular complexity index is 299. The zero-order valence-corrected chi connectivity index (χ0v) is 7.32. The summed E-state index contributed by atoms with van der Waals surface area (Å²) in [6.07, 6.45) is 0. The molecule has 1 rings (SSSR count). The molecule has 0 aliphatic heterocycles. The molecule has 0 aliphatic rings. The van der Waals surface area contributed by atoms with E-state index >= 15 is 0 Å². The van der Waals surface area contributed by atoms with Gasteiger partial charge in [0.1, 0.15) is 6.73 Å². The van der Waals surface area contributed by atoms with E-state index in [1.54, 1.807) is 25.2 Å². The third kappa shape index (κ3) is 2.19. The van der Waals surface area contributed by atoms with Crippen molar-refractivity contribution in [3.63, 3.8) is 0 Å². The molecule has 0 bridgehead atoms. The number of para-hydroxylation sites is 1. The highest BCUT2D eigenvalue weighted by Crippen LogP contribution is 2.13. The van der Waals surface area contributed by atoms with E-state index in [9.17, 15) is 4.79 Å². The zero-order chi connectivity index (χ0) is 9.68. The highest BCUT2D eigenvalue weighted by molar-refractivity contribution is 5.99. The van der Waals surface area contributed by atoms with E-state index in [1.807, 2.05) is 6.07 Å². The number of nitrogens with one attached hydrogen (secondary N) is 1. The maximum atomic E-state index is 11.3. The van der Waals surface area contributed by atoms with Crippen LogP contribution in [0.3, 0.4) is 0 Å². The summed E-state index contributed by atoms with van der Waals surface area (Å²) in [5.41, 5.74) is 1.18. The van der Waals surface area contributed by atoms with E-state index < -0.39 is 12.6 Å². The van der Waals surface area contributed by atoms with Gasteiger partial charge in [0.25, 0.3) is 5.91 Å². The second-order valence-corrected chi connectivity index (χ2v) is 2.40. The molecule has 0 aromatic heterocycles. The minimum absolute atomic E-state index is 0.410. The number of hydrogen-bond acceptors (Lipinski definition) is 3. The van der Waals surface area contributed by atoms with Gasteiger partial charge in [0.15, 0.2) is 0 Å². The monoisotopic (exact) mass is 179 g/mol. The average molecular weight is 179 g/mol. The Morgan fingerprint density at radius 3 is 2.85 bits per heavy atom. The number of rotatable bonds is 3. The van der Waals surface area contributed by atoms with Crippen LogP contribution >= 0.6 is 0 Å². The molecule has 0 atom stereocenters. The van der Waals surface area contributed by atoms with Crippen LogP contribution in [0.5, 0.6) is 0 Å². The van der Waals surface area contributed by atoms with E-state index in [0.29, 0.717) is 11.3 Å². The number of amides is 1. The van der Waals surface area contributed by atoms with Gasteiger partial charge in [-0.2, -0.15) is 0 Å². The molecule has 0 saturated carbocycles. The van der Waals surface area contributed by atoms with Gasteiger partial charge in [-0.15, -0.1) is 0 Å². The Balaban J connectivity index is 2.92. The first-order valence-corrected chi connectivity index (χ1v) is 3.89. The third-order valence-electron chi connectivity index (χ3n) is 1.64. The quantitative estimate of drug-likeness (QED) is 0.707. The van der Waals surface area contributed by atoms with Gasteiger partial charge < -0.3 is 10.4 Å². The molecule has 4 heteroatoms. The number of nitrogens with zero attached hydrogens (tertiary/aromatic N) is 1. The molecule has 1 amide bonds. The van der Waals surface area contributed by atoms with Crippen molar-refractivity contribution in [1.29, 1.82) is 0 Å². The zero-order valence-electron chi connectivity index (χ0n) is 7.32. The van der Waals surface area contributed by atoms with Crippen LogP contribution in [-0.4, -0.2) is 24.8 Å². The van der Waals surface area contributed by atoms with Crippen LogP contribution in [0.4, 0.5) is 5.69 Å². The van der Waals surface area contributed by atoms with Gasteiger partial charge in [-0.1, -0.05) is 12.1 Å². The van der Waals surface area contributed by atoms with Crippen molar-refractivity contribution in [2.75, 3.05) is 19.1 Å². The molecular weight excluding hydrogens is 168 g/mol. The van der Waals surface area contributed by atoms with Crippen molar-refractivity contribution in [2.45, 2.75) is 0 Å². The summed E-state index contributed by atoms with van der Waals surface area (Å²) in [5, 5.41) is 14.7. The van der Waals surface area contributed by atoms with E-state index in [1.165, 1.54) is 0 Å². The van der Waals surface area contributed by atoms with Crippen molar-refractivity contribution in [3.8, 4) is 0 Å². The number of carbonyl (C=O) groups excluding carboxylic acids is 1. The predicted molar refractivity (Wildman–Crippen MR) is 49.5 cm³/mol. The highest BCUT2D eigenvalue weighted by atomic mass is 16.3. The summed E-state index contributed by atoms with van der Waals surface area (Å²) in [7, 11) is 1.73. The largest absolute Gasteiger partial charge is 0.387 e. The van der Waals surface area contributed by atoms with E-state index in [4.69, 9.17) is 5.11 Å². The summed E-state index contributed by atoms with van der Waals surface area (Å²) < 4.78 is 0.